The summed E-state index contributed by atoms with van der Waals surface area (Å²) >= 11 is 6.10. The molecule has 0 bridgehead atoms. The number of para-hydroxylation sites is 2. The summed E-state index contributed by atoms with van der Waals surface area (Å²) in [6.07, 6.45) is 0.890. The maximum Gasteiger partial charge on any atom is 0.238 e. The second-order valence-corrected chi connectivity index (χ2v) is 6.10. The van der Waals surface area contributed by atoms with Crippen molar-refractivity contribution in [3.63, 3.8) is 0 Å². The Morgan fingerprint density at radius 3 is 2.72 bits per heavy atom. The zero-order chi connectivity index (χ0) is 18.2. The third-order valence-electron chi connectivity index (χ3n) is 3.70. The van der Waals surface area contributed by atoms with E-state index in [9.17, 15) is 9.18 Å². The van der Waals surface area contributed by atoms with E-state index in [0.29, 0.717) is 23.0 Å². The summed E-state index contributed by atoms with van der Waals surface area (Å²) in [6, 6.07) is 11.6. The van der Waals surface area contributed by atoms with Gasteiger partial charge >= 0.3 is 0 Å². The lowest BCUT2D eigenvalue weighted by molar-refractivity contribution is -0.117. The fraction of sp³-hybridized carbons (Fsp3) is 0.316. The fourth-order valence-electron chi connectivity index (χ4n) is 2.56. The Kier molecular flexibility index (Phi) is 7.22. The molecule has 4 nitrogen and oxygen atoms in total. The van der Waals surface area contributed by atoms with Gasteiger partial charge in [0.25, 0.3) is 0 Å². The first-order chi connectivity index (χ1) is 12.0. The largest absolute Gasteiger partial charge is 0.495 e. The second-order valence-electron chi connectivity index (χ2n) is 5.69. The summed E-state index contributed by atoms with van der Waals surface area (Å²) in [6.45, 7) is 3.45. The van der Waals surface area contributed by atoms with E-state index < -0.39 is 0 Å². The van der Waals surface area contributed by atoms with Crippen LogP contribution in [-0.4, -0.2) is 31.0 Å². The lowest BCUT2D eigenvalue weighted by Gasteiger charge is -2.22. The zero-order valence-electron chi connectivity index (χ0n) is 14.4. The van der Waals surface area contributed by atoms with Crippen molar-refractivity contribution in [3.8, 4) is 5.75 Å². The molecule has 0 spiro atoms. The van der Waals surface area contributed by atoms with Gasteiger partial charge in [0.2, 0.25) is 5.91 Å². The van der Waals surface area contributed by atoms with E-state index in [4.69, 9.17) is 16.3 Å². The van der Waals surface area contributed by atoms with Crippen LogP contribution in [0.3, 0.4) is 0 Å². The number of benzene rings is 2. The average molecular weight is 365 g/mol. The summed E-state index contributed by atoms with van der Waals surface area (Å²) in [4.78, 5) is 14.4. The molecule has 0 atom stereocenters. The van der Waals surface area contributed by atoms with E-state index in [2.05, 4.69) is 5.32 Å². The molecule has 0 unspecified atom stereocenters. The number of halogens is 2. The van der Waals surface area contributed by atoms with Gasteiger partial charge in [0.1, 0.15) is 11.6 Å². The second kappa shape index (κ2) is 9.39. The van der Waals surface area contributed by atoms with Crippen LogP contribution in [0.2, 0.25) is 5.02 Å². The van der Waals surface area contributed by atoms with Crippen LogP contribution >= 0.6 is 11.6 Å². The Labute approximate surface area is 152 Å². The highest BCUT2D eigenvalue weighted by Crippen LogP contribution is 2.23. The number of rotatable bonds is 8. The minimum absolute atomic E-state index is 0.142. The molecule has 0 fully saturated rings. The maximum absolute atomic E-state index is 13.2. The van der Waals surface area contributed by atoms with Gasteiger partial charge in [-0.15, -0.1) is 0 Å². The maximum atomic E-state index is 13.2. The molecule has 0 aromatic heterocycles. The highest BCUT2D eigenvalue weighted by atomic mass is 35.5. The lowest BCUT2D eigenvalue weighted by atomic mass is 10.2. The molecule has 0 aliphatic rings. The number of amides is 1. The first kappa shape index (κ1) is 19.2. The van der Waals surface area contributed by atoms with Crippen LogP contribution < -0.4 is 10.1 Å². The number of ether oxygens (including phenoxy) is 1. The number of nitrogens with zero attached hydrogens (tertiary/aromatic N) is 1. The number of hydrogen-bond acceptors (Lipinski definition) is 3. The minimum Gasteiger partial charge on any atom is -0.495 e. The number of carbonyl (C=O) groups excluding carboxylic acids is 1. The molecule has 1 amide bonds. The predicted octanol–water partition coefficient (Wildman–Crippen LogP) is 4.34. The molecule has 6 heteroatoms. The van der Waals surface area contributed by atoms with Gasteiger partial charge in [0.15, 0.2) is 0 Å². The summed E-state index contributed by atoms with van der Waals surface area (Å²) in [5.41, 5.74) is 1.42. The number of hydrogen-bond donors (Lipinski definition) is 1. The molecule has 134 valence electrons. The van der Waals surface area contributed by atoms with Crippen molar-refractivity contribution in [2.75, 3.05) is 25.5 Å². The van der Waals surface area contributed by atoms with Gasteiger partial charge < -0.3 is 10.1 Å². The molecule has 0 aliphatic heterocycles. The molecule has 0 saturated heterocycles. The van der Waals surface area contributed by atoms with Crippen molar-refractivity contribution in [2.45, 2.75) is 19.9 Å². The van der Waals surface area contributed by atoms with E-state index >= 15 is 0 Å². The summed E-state index contributed by atoms with van der Waals surface area (Å²) in [5.74, 6) is 0.0976. The van der Waals surface area contributed by atoms with Crippen molar-refractivity contribution < 1.29 is 13.9 Å². The van der Waals surface area contributed by atoms with Crippen molar-refractivity contribution in [1.29, 1.82) is 0 Å². The average Bonchev–Trinajstić information content (AvgIpc) is 2.58. The molecule has 0 heterocycles. The molecule has 2 aromatic rings. The van der Waals surface area contributed by atoms with Crippen molar-refractivity contribution in [2.24, 2.45) is 0 Å². The molecular weight excluding hydrogens is 343 g/mol. The Bertz CT molecular complexity index is 724. The Morgan fingerprint density at radius 1 is 1.28 bits per heavy atom. The van der Waals surface area contributed by atoms with E-state index in [1.165, 1.54) is 12.1 Å². The number of anilines is 1. The molecule has 0 aliphatic carbocycles. The monoisotopic (exact) mass is 364 g/mol. The van der Waals surface area contributed by atoms with Crippen LogP contribution in [0.4, 0.5) is 10.1 Å². The molecule has 0 saturated carbocycles. The smallest absolute Gasteiger partial charge is 0.238 e. The van der Waals surface area contributed by atoms with E-state index in [-0.39, 0.29) is 18.3 Å². The van der Waals surface area contributed by atoms with Gasteiger partial charge in [0.05, 0.1) is 19.3 Å². The van der Waals surface area contributed by atoms with Crippen LogP contribution in [0.5, 0.6) is 5.75 Å². The Balaban J connectivity index is 2.03. The Hall–Kier alpha value is -2.11. The topological polar surface area (TPSA) is 41.6 Å². The molecule has 2 aromatic carbocycles. The van der Waals surface area contributed by atoms with Crippen molar-refractivity contribution >= 4 is 23.2 Å². The molecule has 2 rings (SSSR count). The summed E-state index contributed by atoms with van der Waals surface area (Å²) in [7, 11) is 1.56. The first-order valence-corrected chi connectivity index (χ1v) is 8.50. The van der Waals surface area contributed by atoms with E-state index in [1.54, 1.807) is 25.3 Å². The summed E-state index contributed by atoms with van der Waals surface area (Å²) in [5, 5.41) is 3.23. The molecular formula is C19H22ClFN2O2. The highest BCUT2D eigenvalue weighted by molar-refractivity contribution is 6.31. The lowest BCUT2D eigenvalue weighted by Crippen LogP contribution is -2.33. The van der Waals surface area contributed by atoms with Crippen LogP contribution in [0, 0.1) is 5.82 Å². The van der Waals surface area contributed by atoms with Gasteiger partial charge in [-0.2, -0.15) is 0 Å². The first-order valence-electron chi connectivity index (χ1n) is 8.12. The van der Waals surface area contributed by atoms with Crippen molar-refractivity contribution in [1.82, 2.24) is 4.90 Å². The molecule has 0 radical (unpaired) electrons. The van der Waals surface area contributed by atoms with Crippen LogP contribution in [0.25, 0.3) is 0 Å². The van der Waals surface area contributed by atoms with Crippen LogP contribution in [-0.2, 0) is 11.3 Å². The zero-order valence-corrected chi connectivity index (χ0v) is 15.1. The number of methoxy groups -OCH3 is 1. The van der Waals surface area contributed by atoms with Crippen LogP contribution in [0.15, 0.2) is 42.5 Å². The van der Waals surface area contributed by atoms with Crippen molar-refractivity contribution in [3.05, 3.63) is 58.9 Å². The quantitative estimate of drug-likeness (QED) is 0.757. The van der Waals surface area contributed by atoms with Gasteiger partial charge in [-0.05, 0) is 42.8 Å². The number of nitrogens with one attached hydrogen (secondary N) is 1. The van der Waals surface area contributed by atoms with Gasteiger partial charge in [-0.25, -0.2) is 4.39 Å². The van der Waals surface area contributed by atoms with Gasteiger partial charge in [-0.1, -0.05) is 36.7 Å². The van der Waals surface area contributed by atoms with Gasteiger partial charge in [0, 0.05) is 11.6 Å². The van der Waals surface area contributed by atoms with E-state index in [0.717, 1.165) is 18.5 Å². The normalized spacial score (nSPS) is 10.8. The fourth-order valence-corrected chi connectivity index (χ4v) is 2.79. The van der Waals surface area contributed by atoms with E-state index in [1.807, 2.05) is 24.0 Å². The Morgan fingerprint density at radius 2 is 2.04 bits per heavy atom. The summed E-state index contributed by atoms with van der Waals surface area (Å²) < 4.78 is 18.4. The van der Waals surface area contributed by atoms with Crippen LogP contribution in [0.1, 0.15) is 18.9 Å². The highest BCUT2D eigenvalue weighted by Gasteiger charge is 2.14. The minimum atomic E-state index is -0.371. The standard InChI is InChI=1S/C19H22ClFN2O2/c1-3-10-23(12-14-8-9-15(21)11-16(14)20)13-19(24)22-17-6-4-5-7-18(17)25-2/h4-9,11H,3,10,12-13H2,1-2H3,(H,22,24). The SMILES string of the molecule is CCCN(CC(=O)Nc1ccccc1OC)Cc1ccc(F)cc1Cl. The molecule has 1 N–H and O–H groups in total. The number of carbonyl (C=O) groups is 1. The van der Waals surface area contributed by atoms with Gasteiger partial charge in [-0.3, -0.25) is 9.69 Å². The third kappa shape index (κ3) is 5.73. The molecule has 25 heavy (non-hydrogen) atoms. The third-order valence-corrected chi connectivity index (χ3v) is 4.05. The predicted molar refractivity (Wildman–Crippen MR) is 98.6 cm³/mol.